The molecule has 0 aliphatic heterocycles. The minimum atomic E-state index is -0.385. The molecule has 0 fully saturated rings. The van der Waals surface area contributed by atoms with E-state index in [2.05, 4.69) is 15.1 Å². The van der Waals surface area contributed by atoms with Gasteiger partial charge in [0.25, 0.3) is 11.1 Å². The molecule has 0 saturated carbocycles. The molecule has 0 aliphatic carbocycles. The molecule has 2 unspecified atom stereocenters. The molecule has 1 N–H and O–H groups in total. The topological polar surface area (TPSA) is 108 Å². The van der Waals surface area contributed by atoms with Crippen LogP contribution in [0.2, 0.25) is 0 Å². The Balaban J connectivity index is 1.83. The predicted octanol–water partition coefficient (Wildman–Crippen LogP) is 1.12. The Morgan fingerprint density at radius 3 is 2.04 bits per heavy atom. The lowest BCUT2D eigenvalue weighted by Gasteiger charge is -2.16. The molecule has 1 aromatic carbocycles. The van der Waals surface area contributed by atoms with Gasteiger partial charge in [-0.15, -0.1) is 0 Å². The second-order valence-electron chi connectivity index (χ2n) is 6.91. The number of rotatable bonds is 5. The van der Waals surface area contributed by atoms with Gasteiger partial charge in [-0.3, -0.25) is 23.4 Å². The van der Waals surface area contributed by atoms with Crippen LogP contribution in [0.3, 0.4) is 0 Å². The van der Waals surface area contributed by atoms with Crippen LogP contribution in [-0.2, 0) is 6.54 Å². The highest BCUT2D eigenvalue weighted by Crippen LogP contribution is 2.16. The van der Waals surface area contributed by atoms with Crippen molar-refractivity contribution in [2.75, 3.05) is 6.61 Å². The van der Waals surface area contributed by atoms with Gasteiger partial charge in [0.1, 0.15) is 0 Å². The Kier molecular flexibility index (Phi) is 4.52. The normalized spacial score (nSPS) is 13.8. The molecular formula is C19H20N6O3. The summed E-state index contributed by atoms with van der Waals surface area (Å²) in [6.45, 7) is 4.02. The van der Waals surface area contributed by atoms with Crippen molar-refractivity contribution in [3.05, 3.63) is 64.0 Å². The van der Waals surface area contributed by atoms with E-state index in [-0.39, 0.29) is 29.8 Å². The Morgan fingerprint density at radius 2 is 1.54 bits per heavy atom. The second-order valence-corrected chi connectivity index (χ2v) is 6.91. The highest BCUT2D eigenvalue weighted by atomic mass is 16.3. The van der Waals surface area contributed by atoms with Crippen molar-refractivity contribution < 1.29 is 5.11 Å². The van der Waals surface area contributed by atoms with Crippen LogP contribution in [0.4, 0.5) is 0 Å². The lowest BCUT2D eigenvalue weighted by Crippen LogP contribution is -2.27. The molecule has 3 aromatic heterocycles. The lowest BCUT2D eigenvalue weighted by molar-refractivity contribution is 0.236. The summed E-state index contributed by atoms with van der Waals surface area (Å²) in [6.07, 6.45) is 6.42. The molecule has 0 bridgehead atoms. The zero-order chi connectivity index (χ0) is 19.8. The standard InChI is InChI=1S/C19H20N6O3/c1-12(8-23-5-3-4-22-23)24-10-20-16-7-15-17(6-14(16)18(24)27)21-11-25(19(15)28)13(2)9-26/h3-7,10-13,26H,8-9H2,1-2H3. The van der Waals surface area contributed by atoms with Gasteiger partial charge >= 0.3 is 0 Å². The maximum Gasteiger partial charge on any atom is 0.261 e. The van der Waals surface area contributed by atoms with Crippen LogP contribution in [0.5, 0.6) is 0 Å². The Morgan fingerprint density at radius 1 is 0.964 bits per heavy atom. The van der Waals surface area contributed by atoms with Crippen molar-refractivity contribution in [3.63, 3.8) is 0 Å². The minimum absolute atomic E-state index is 0.147. The summed E-state index contributed by atoms with van der Waals surface area (Å²) in [6, 6.07) is 4.49. The van der Waals surface area contributed by atoms with Gasteiger partial charge in [0.2, 0.25) is 0 Å². The Hall–Kier alpha value is -3.33. The molecular weight excluding hydrogens is 360 g/mol. The number of aliphatic hydroxyl groups is 1. The highest BCUT2D eigenvalue weighted by Gasteiger charge is 2.15. The van der Waals surface area contributed by atoms with E-state index in [1.807, 2.05) is 19.2 Å². The summed E-state index contributed by atoms with van der Waals surface area (Å²) < 4.78 is 4.69. The first-order valence-corrected chi connectivity index (χ1v) is 8.99. The van der Waals surface area contributed by atoms with Gasteiger partial charge in [0, 0.05) is 12.4 Å². The van der Waals surface area contributed by atoms with E-state index < -0.39 is 0 Å². The lowest BCUT2D eigenvalue weighted by atomic mass is 10.1. The largest absolute Gasteiger partial charge is 0.394 e. The fourth-order valence-corrected chi connectivity index (χ4v) is 3.25. The van der Waals surface area contributed by atoms with Crippen molar-refractivity contribution in [1.29, 1.82) is 0 Å². The van der Waals surface area contributed by atoms with E-state index in [1.165, 1.54) is 17.2 Å². The van der Waals surface area contributed by atoms with E-state index in [9.17, 15) is 14.7 Å². The molecule has 2 atom stereocenters. The van der Waals surface area contributed by atoms with Crippen molar-refractivity contribution in [2.24, 2.45) is 0 Å². The number of aliphatic hydroxyl groups excluding tert-OH is 1. The molecule has 0 radical (unpaired) electrons. The first-order valence-electron chi connectivity index (χ1n) is 8.99. The smallest absolute Gasteiger partial charge is 0.261 e. The number of nitrogens with zero attached hydrogens (tertiary/aromatic N) is 6. The quantitative estimate of drug-likeness (QED) is 0.520. The van der Waals surface area contributed by atoms with Gasteiger partial charge in [0.15, 0.2) is 0 Å². The second kappa shape index (κ2) is 7.01. The highest BCUT2D eigenvalue weighted by molar-refractivity contribution is 5.93. The third-order valence-electron chi connectivity index (χ3n) is 4.91. The van der Waals surface area contributed by atoms with Gasteiger partial charge in [-0.1, -0.05) is 0 Å². The molecule has 0 saturated heterocycles. The summed E-state index contributed by atoms with van der Waals surface area (Å²) in [5.41, 5.74) is 0.399. The fraction of sp³-hybridized carbons (Fsp3) is 0.316. The van der Waals surface area contributed by atoms with E-state index in [0.717, 1.165) is 0 Å². The van der Waals surface area contributed by atoms with Crippen LogP contribution < -0.4 is 11.1 Å². The monoisotopic (exact) mass is 380 g/mol. The first-order chi connectivity index (χ1) is 13.5. The average Bonchev–Trinajstić information content (AvgIpc) is 3.20. The average molecular weight is 380 g/mol. The Labute approximate surface area is 159 Å². The van der Waals surface area contributed by atoms with Crippen molar-refractivity contribution in [1.82, 2.24) is 28.9 Å². The zero-order valence-corrected chi connectivity index (χ0v) is 15.6. The van der Waals surface area contributed by atoms with Gasteiger partial charge < -0.3 is 5.11 Å². The zero-order valence-electron chi connectivity index (χ0n) is 15.6. The molecule has 28 heavy (non-hydrogen) atoms. The maximum atomic E-state index is 13.0. The number of benzene rings is 1. The predicted molar refractivity (Wildman–Crippen MR) is 104 cm³/mol. The first kappa shape index (κ1) is 18.1. The van der Waals surface area contributed by atoms with Crippen LogP contribution in [0, 0.1) is 0 Å². The molecule has 4 aromatic rings. The summed E-state index contributed by atoms with van der Waals surface area (Å²) in [4.78, 5) is 34.4. The van der Waals surface area contributed by atoms with E-state index in [0.29, 0.717) is 28.4 Å². The van der Waals surface area contributed by atoms with Crippen molar-refractivity contribution in [3.8, 4) is 0 Å². The summed E-state index contributed by atoms with van der Waals surface area (Å²) in [5.74, 6) is 0. The number of fused-ring (bicyclic) bond motifs is 2. The van der Waals surface area contributed by atoms with Crippen LogP contribution in [0.25, 0.3) is 21.8 Å². The molecule has 9 heteroatoms. The molecule has 0 spiro atoms. The summed E-state index contributed by atoms with van der Waals surface area (Å²) >= 11 is 0. The van der Waals surface area contributed by atoms with Crippen LogP contribution in [0.1, 0.15) is 25.9 Å². The van der Waals surface area contributed by atoms with E-state index in [1.54, 1.807) is 34.5 Å². The van der Waals surface area contributed by atoms with Crippen molar-refractivity contribution in [2.45, 2.75) is 32.5 Å². The molecule has 4 rings (SSSR count). The van der Waals surface area contributed by atoms with Crippen molar-refractivity contribution >= 4 is 21.8 Å². The van der Waals surface area contributed by atoms with Gasteiger partial charge in [-0.2, -0.15) is 5.10 Å². The Bertz CT molecular complexity index is 1260. The van der Waals surface area contributed by atoms with Gasteiger partial charge in [0.05, 0.1) is 59.7 Å². The molecule has 9 nitrogen and oxygen atoms in total. The number of hydrogen-bond acceptors (Lipinski definition) is 6. The van der Waals surface area contributed by atoms with E-state index in [4.69, 9.17) is 0 Å². The summed E-state index contributed by atoms with van der Waals surface area (Å²) in [5, 5.41) is 14.3. The maximum absolute atomic E-state index is 13.0. The number of aromatic nitrogens is 6. The molecule has 0 aliphatic rings. The summed E-state index contributed by atoms with van der Waals surface area (Å²) in [7, 11) is 0. The van der Waals surface area contributed by atoms with E-state index >= 15 is 0 Å². The van der Waals surface area contributed by atoms with Crippen LogP contribution in [-0.4, -0.2) is 40.6 Å². The fourth-order valence-electron chi connectivity index (χ4n) is 3.25. The molecule has 3 heterocycles. The van der Waals surface area contributed by atoms with Crippen LogP contribution >= 0.6 is 0 Å². The number of hydrogen-bond donors (Lipinski definition) is 1. The third kappa shape index (κ3) is 2.99. The van der Waals surface area contributed by atoms with Gasteiger partial charge in [-0.25, -0.2) is 9.97 Å². The van der Waals surface area contributed by atoms with Crippen LogP contribution in [0.15, 0.2) is 52.8 Å². The molecule has 144 valence electrons. The third-order valence-corrected chi connectivity index (χ3v) is 4.91. The minimum Gasteiger partial charge on any atom is -0.394 e. The molecule has 0 amide bonds. The SMILES string of the molecule is CC(CO)n1cnc2cc3c(=O)n(C(C)Cn4cccn4)cnc3cc2c1=O. The van der Waals surface area contributed by atoms with Gasteiger partial charge in [-0.05, 0) is 32.0 Å².